The predicted octanol–water partition coefficient (Wildman–Crippen LogP) is 3.10. The van der Waals surface area contributed by atoms with Crippen LogP contribution in [0.25, 0.3) is 22.5 Å². The Hall–Kier alpha value is -6.86. The molecule has 16 nitrogen and oxygen atoms in total. The van der Waals surface area contributed by atoms with Crippen LogP contribution in [0.2, 0.25) is 0 Å². The van der Waals surface area contributed by atoms with Crippen molar-refractivity contribution < 1.29 is 34.2 Å². The molecule has 5 amide bonds. The number of nitriles is 1. The SMILES string of the molecule is CCCCCc1ccc(-c2ncc(C(=O)NC(CCN)C(=O)N(C)[C@@H]3C(=O)N[C@@H](C)C(=O)N[C@H](C(=O)NCC#N)Cc4ccc(O)c(c4)-c4cc3ccc4O)c(C)n2)cc1. The zero-order valence-electron chi connectivity index (χ0n) is 34.1. The summed E-state index contributed by atoms with van der Waals surface area (Å²) >= 11 is 0. The van der Waals surface area contributed by atoms with Gasteiger partial charge < -0.3 is 42.1 Å². The number of carbonyl (C=O) groups excluding carboxylic acids is 5. The van der Waals surface area contributed by atoms with E-state index in [1.54, 1.807) is 13.0 Å². The number of benzene rings is 3. The fourth-order valence-electron chi connectivity index (χ4n) is 7.03. The second-order valence-electron chi connectivity index (χ2n) is 14.8. The molecule has 4 bridgehead atoms. The smallest absolute Gasteiger partial charge is 0.255 e. The molecule has 4 atom stereocenters. The van der Waals surface area contributed by atoms with Gasteiger partial charge in [-0.25, -0.2) is 9.97 Å². The maximum absolute atomic E-state index is 14.4. The highest BCUT2D eigenvalue weighted by Gasteiger charge is 2.36. The highest BCUT2D eigenvalue weighted by molar-refractivity contribution is 6.00. The summed E-state index contributed by atoms with van der Waals surface area (Å²) in [7, 11) is 1.36. The summed E-state index contributed by atoms with van der Waals surface area (Å²) in [6.45, 7) is 4.90. The Morgan fingerprint density at radius 3 is 2.37 bits per heavy atom. The number of aromatic nitrogens is 2. The zero-order chi connectivity index (χ0) is 43.5. The molecule has 0 saturated heterocycles. The van der Waals surface area contributed by atoms with E-state index in [9.17, 15) is 34.2 Å². The van der Waals surface area contributed by atoms with Crippen LogP contribution in [-0.2, 0) is 32.0 Å². The number of amides is 5. The third-order valence-corrected chi connectivity index (χ3v) is 10.4. The number of hydrogen-bond donors (Lipinski definition) is 7. The summed E-state index contributed by atoms with van der Waals surface area (Å²) < 4.78 is 0. The lowest BCUT2D eigenvalue weighted by Gasteiger charge is -2.32. The van der Waals surface area contributed by atoms with Crippen molar-refractivity contribution in [2.75, 3.05) is 20.1 Å². The lowest BCUT2D eigenvalue weighted by atomic mass is 9.93. The molecule has 60 heavy (non-hydrogen) atoms. The molecular weight excluding hydrogens is 767 g/mol. The van der Waals surface area contributed by atoms with E-state index in [0.717, 1.165) is 36.1 Å². The monoisotopic (exact) mass is 817 g/mol. The molecule has 2 heterocycles. The highest BCUT2D eigenvalue weighted by Crippen LogP contribution is 2.39. The summed E-state index contributed by atoms with van der Waals surface area (Å²) in [5.41, 5.74) is 9.39. The molecule has 0 radical (unpaired) electrons. The zero-order valence-corrected chi connectivity index (χ0v) is 34.1. The molecule has 4 aromatic rings. The Bertz CT molecular complexity index is 2280. The summed E-state index contributed by atoms with van der Waals surface area (Å²) in [5, 5.41) is 41.4. The third-order valence-electron chi connectivity index (χ3n) is 10.4. The standard InChI is InChI=1S/C44H51N9O7/c1-5-6-7-8-27-9-12-29(13-10-27)39-48-24-33(25(2)49-39)41(57)51-34(17-18-45)44(60)53(4)38-30-14-16-37(55)32(23-30)31-21-28(11-15-36(31)54)22-35(42(58)47-20-19-46)52-40(56)26(3)50-43(38)59/h9-16,21,23-24,26,34-35,38,54-55H,5-8,17-18,20,22,45H2,1-4H3,(H,47,58)(H,50,59)(H,51,57)(H,52,56)/t26-,34?,35-,38-/m0/s1. The van der Waals surface area contributed by atoms with Crippen LogP contribution >= 0.6 is 0 Å². The normalized spacial score (nSPS) is 16.9. The minimum absolute atomic E-state index is 0.0104. The van der Waals surface area contributed by atoms with Gasteiger partial charge in [0.25, 0.3) is 5.91 Å². The molecule has 1 unspecified atom stereocenters. The fourth-order valence-corrected chi connectivity index (χ4v) is 7.03. The van der Waals surface area contributed by atoms with E-state index in [1.165, 1.54) is 56.1 Å². The molecule has 314 valence electrons. The van der Waals surface area contributed by atoms with Crippen LogP contribution in [0, 0.1) is 18.3 Å². The van der Waals surface area contributed by atoms with E-state index in [0.29, 0.717) is 17.1 Å². The quantitative estimate of drug-likeness (QED) is 0.0763. The van der Waals surface area contributed by atoms with Gasteiger partial charge in [-0.1, -0.05) is 56.2 Å². The first-order chi connectivity index (χ1) is 28.8. The number of rotatable bonds is 13. The topological polar surface area (TPSA) is 253 Å². The van der Waals surface area contributed by atoms with Crippen molar-refractivity contribution in [1.82, 2.24) is 36.1 Å². The number of hydrogen-bond acceptors (Lipinski definition) is 11. The van der Waals surface area contributed by atoms with E-state index < -0.39 is 53.7 Å². The summed E-state index contributed by atoms with van der Waals surface area (Å²) in [5.74, 6) is -3.59. The van der Waals surface area contributed by atoms with Gasteiger partial charge >= 0.3 is 0 Å². The summed E-state index contributed by atoms with van der Waals surface area (Å²) in [6.07, 6.45) is 5.71. The van der Waals surface area contributed by atoms with Crippen molar-refractivity contribution in [2.45, 2.75) is 83.5 Å². The van der Waals surface area contributed by atoms with Crippen molar-refractivity contribution >= 4 is 29.5 Å². The molecule has 8 N–H and O–H groups in total. The second kappa shape index (κ2) is 20.2. The van der Waals surface area contributed by atoms with Crippen LogP contribution in [0.5, 0.6) is 11.5 Å². The number of fused-ring (bicyclic) bond motifs is 5. The first-order valence-electron chi connectivity index (χ1n) is 19.9. The Morgan fingerprint density at radius 1 is 1.00 bits per heavy atom. The van der Waals surface area contributed by atoms with Gasteiger partial charge in [-0.05, 0) is 80.6 Å². The van der Waals surface area contributed by atoms with Crippen LogP contribution in [-0.4, -0.2) is 92.9 Å². The molecule has 3 aromatic carbocycles. The second-order valence-corrected chi connectivity index (χ2v) is 14.8. The molecule has 16 heteroatoms. The van der Waals surface area contributed by atoms with Gasteiger partial charge in [0, 0.05) is 36.4 Å². The minimum atomic E-state index is -1.45. The molecule has 0 saturated carbocycles. The minimum Gasteiger partial charge on any atom is -0.507 e. The first-order valence-corrected chi connectivity index (χ1v) is 19.9. The van der Waals surface area contributed by atoms with Crippen molar-refractivity contribution in [3.8, 4) is 40.1 Å². The van der Waals surface area contributed by atoms with Crippen LogP contribution in [0.15, 0.2) is 66.9 Å². The molecule has 0 spiro atoms. The molecular formula is C44H51N9O7. The summed E-state index contributed by atoms with van der Waals surface area (Å²) in [6, 6.07) is 13.3. The summed E-state index contributed by atoms with van der Waals surface area (Å²) in [4.78, 5) is 79.0. The Balaban J connectivity index is 1.45. The molecule has 0 aliphatic carbocycles. The number of carbonyl (C=O) groups is 5. The van der Waals surface area contributed by atoms with Gasteiger partial charge in [0.15, 0.2) is 5.82 Å². The maximum atomic E-state index is 14.4. The van der Waals surface area contributed by atoms with E-state index >= 15 is 0 Å². The highest BCUT2D eigenvalue weighted by atomic mass is 16.3. The van der Waals surface area contributed by atoms with Gasteiger partial charge in [-0.3, -0.25) is 24.0 Å². The van der Waals surface area contributed by atoms with Crippen LogP contribution in [0.3, 0.4) is 0 Å². The number of aryl methyl sites for hydroxylation is 2. The number of phenols is 2. The molecule has 1 aliphatic rings. The largest absolute Gasteiger partial charge is 0.507 e. The average molecular weight is 818 g/mol. The Kier molecular flexibility index (Phi) is 14.9. The Morgan fingerprint density at radius 2 is 1.70 bits per heavy atom. The molecule has 1 aliphatic heterocycles. The van der Waals surface area contributed by atoms with Crippen molar-refractivity contribution in [2.24, 2.45) is 5.73 Å². The van der Waals surface area contributed by atoms with Gasteiger partial charge in [0.2, 0.25) is 23.6 Å². The number of nitrogens with zero attached hydrogens (tertiary/aromatic N) is 4. The van der Waals surface area contributed by atoms with E-state index in [4.69, 9.17) is 11.0 Å². The lowest BCUT2D eigenvalue weighted by Crippen LogP contribution is -2.56. The Labute approximate surface area is 348 Å². The van der Waals surface area contributed by atoms with E-state index in [1.807, 2.05) is 30.3 Å². The van der Waals surface area contributed by atoms with Crippen LogP contribution < -0.4 is 27.0 Å². The fraction of sp³-hybridized carbons (Fsp3) is 0.364. The van der Waals surface area contributed by atoms with Crippen LogP contribution in [0.1, 0.15) is 78.3 Å². The van der Waals surface area contributed by atoms with Gasteiger partial charge in [-0.15, -0.1) is 0 Å². The third kappa shape index (κ3) is 10.6. The first kappa shape index (κ1) is 44.2. The number of unbranched alkanes of at least 4 members (excludes halogenated alkanes) is 2. The van der Waals surface area contributed by atoms with Gasteiger partial charge in [-0.2, -0.15) is 5.26 Å². The van der Waals surface area contributed by atoms with Crippen LogP contribution in [0.4, 0.5) is 0 Å². The number of nitrogens with two attached hydrogens (primary N) is 1. The lowest BCUT2D eigenvalue weighted by molar-refractivity contribution is -0.141. The molecule has 5 rings (SSSR count). The van der Waals surface area contributed by atoms with E-state index in [-0.39, 0.29) is 59.7 Å². The number of nitrogens with one attached hydrogen (secondary N) is 4. The number of aromatic hydroxyl groups is 2. The van der Waals surface area contributed by atoms with E-state index in [2.05, 4.69) is 38.2 Å². The number of phenolic OH excluding ortho intramolecular Hbond substituents is 2. The van der Waals surface area contributed by atoms with Crippen molar-refractivity contribution in [1.29, 1.82) is 5.26 Å². The maximum Gasteiger partial charge on any atom is 0.255 e. The number of likely N-dealkylation sites (N-methyl/N-ethyl adjacent to an activating group) is 1. The predicted molar refractivity (Wildman–Crippen MR) is 223 cm³/mol. The van der Waals surface area contributed by atoms with Crippen molar-refractivity contribution in [3.63, 3.8) is 0 Å². The van der Waals surface area contributed by atoms with Gasteiger partial charge in [0.1, 0.15) is 42.2 Å². The molecule has 1 aromatic heterocycles. The molecule has 0 fully saturated rings. The van der Waals surface area contributed by atoms with Gasteiger partial charge in [0.05, 0.1) is 17.3 Å². The average Bonchev–Trinajstić information content (AvgIpc) is 3.23. The van der Waals surface area contributed by atoms with Crippen molar-refractivity contribution in [3.05, 3.63) is 94.8 Å².